The number of epoxide rings is 2. The highest BCUT2D eigenvalue weighted by molar-refractivity contribution is 4.71. The number of halogens is 4. The molecule has 0 aromatic rings. The van der Waals surface area contributed by atoms with Crippen molar-refractivity contribution in [3.8, 4) is 0 Å². The Morgan fingerprint density at radius 1 is 1.05 bits per heavy atom. The first-order valence-electron chi connectivity index (χ1n) is 6.20. The summed E-state index contributed by atoms with van der Waals surface area (Å²) in [6, 6.07) is 0. The van der Waals surface area contributed by atoms with E-state index in [4.69, 9.17) is 18.9 Å². The van der Waals surface area contributed by atoms with Gasteiger partial charge in [0.15, 0.2) is 0 Å². The van der Waals surface area contributed by atoms with E-state index in [9.17, 15) is 17.6 Å². The molecule has 2 fully saturated rings. The van der Waals surface area contributed by atoms with Crippen molar-refractivity contribution in [2.75, 3.05) is 39.6 Å². The van der Waals surface area contributed by atoms with Crippen LogP contribution in [0.4, 0.5) is 17.6 Å². The molecule has 2 aliphatic rings. The molecule has 3 unspecified atom stereocenters. The molecule has 9 heteroatoms. The normalized spacial score (nSPS) is 26.9. The standard InChI is InChI=1S/C11H16F4O5/c12-10(13)11(14,15)20-6-8(18-4-9-5-19-9)2-16-1-7-3-17-7/h7-10H,1-6H2. The van der Waals surface area contributed by atoms with Crippen LogP contribution in [0.15, 0.2) is 0 Å². The lowest BCUT2D eigenvalue weighted by molar-refractivity contribution is -0.309. The van der Waals surface area contributed by atoms with Gasteiger partial charge in [-0.15, -0.1) is 0 Å². The fraction of sp³-hybridized carbons (Fsp3) is 1.00. The molecule has 2 heterocycles. The monoisotopic (exact) mass is 304 g/mol. The molecule has 0 aliphatic carbocycles. The summed E-state index contributed by atoms with van der Waals surface area (Å²) in [5, 5.41) is 0. The lowest BCUT2D eigenvalue weighted by Crippen LogP contribution is -2.36. The Balaban J connectivity index is 1.67. The van der Waals surface area contributed by atoms with Crippen molar-refractivity contribution in [1.82, 2.24) is 0 Å². The van der Waals surface area contributed by atoms with Crippen LogP contribution in [0.3, 0.4) is 0 Å². The second-order valence-corrected chi connectivity index (χ2v) is 4.58. The lowest BCUT2D eigenvalue weighted by Gasteiger charge is -2.21. The number of hydrogen-bond donors (Lipinski definition) is 0. The van der Waals surface area contributed by atoms with Crippen LogP contribution in [0.5, 0.6) is 0 Å². The van der Waals surface area contributed by atoms with Crippen LogP contribution in [0.1, 0.15) is 0 Å². The topological polar surface area (TPSA) is 52.8 Å². The first kappa shape index (κ1) is 15.9. The molecule has 0 amide bonds. The largest absolute Gasteiger partial charge is 0.416 e. The molecule has 5 nitrogen and oxygen atoms in total. The Labute approximate surface area is 113 Å². The van der Waals surface area contributed by atoms with Crippen molar-refractivity contribution in [3.05, 3.63) is 0 Å². The molecular weight excluding hydrogens is 288 g/mol. The van der Waals surface area contributed by atoms with Gasteiger partial charge in [-0.3, -0.25) is 0 Å². The van der Waals surface area contributed by atoms with Gasteiger partial charge in [0.05, 0.1) is 39.6 Å². The summed E-state index contributed by atoms with van der Waals surface area (Å²) in [7, 11) is 0. The second kappa shape index (κ2) is 6.99. The predicted molar refractivity (Wildman–Crippen MR) is 56.9 cm³/mol. The highest BCUT2D eigenvalue weighted by Crippen LogP contribution is 2.24. The summed E-state index contributed by atoms with van der Waals surface area (Å²) in [6.07, 6.45) is -9.28. The van der Waals surface area contributed by atoms with Crippen LogP contribution in [0, 0.1) is 0 Å². The van der Waals surface area contributed by atoms with Crippen LogP contribution < -0.4 is 0 Å². The van der Waals surface area contributed by atoms with E-state index >= 15 is 0 Å². The fourth-order valence-corrected chi connectivity index (χ4v) is 1.31. The van der Waals surface area contributed by atoms with E-state index in [1.807, 2.05) is 0 Å². The van der Waals surface area contributed by atoms with Gasteiger partial charge in [0.1, 0.15) is 18.3 Å². The van der Waals surface area contributed by atoms with Gasteiger partial charge in [-0.25, -0.2) is 8.78 Å². The molecule has 0 spiro atoms. The summed E-state index contributed by atoms with van der Waals surface area (Å²) >= 11 is 0. The van der Waals surface area contributed by atoms with Gasteiger partial charge in [0, 0.05) is 0 Å². The predicted octanol–water partition coefficient (Wildman–Crippen LogP) is 1.06. The van der Waals surface area contributed by atoms with E-state index in [0.29, 0.717) is 19.8 Å². The maximum Gasteiger partial charge on any atom is 0.416 e. The van der Waals surface area contributed by atoms with Crippen molar-refractivity contribution in [3.63, 3.8) is 0 Å². The van der Waals surface area contributed by atoms with Gasteiger partial charge in [-0.05, 0) is 0 Å². The van der Waals surface area contributed by atoms with Crippen molar-refractivity contribution >= 4 is 0 Å². The van der Waals surface area contributed by atoms with Crippen molar-refractivity contribution < 1.29 is 41.2 Å². The molecule has 118 valence electrons. The molecule has 0 bridgehead atoms. The molecule has 0 aromatic heterocycles. The maximum atomic E-state index is 12.7. The zero-order chi connectivity index (χ0) is 14.6. The van der Waals surface area contributed by atoms with Crippen LogP contribution >= 0.6 is 0 Å². The zero-order valence-corrected chi connectivity index (χ0v) is 10.6. The van der Waals surface area contributed by atoms with E-state index in [2.05, 4.69) is 4.74 Å². The van der Waals surface area contributed by atoms with Crippen molar-refractivity contribution in [2.45, 2.75) is 30.8 Å². The second-order valence-electron chi connectivity index (χ2n) is 4.58. The van der Waals surface area contributed by atoms with E-state index in [1.54, 1.807) is 0 Å². The number of hydrogen-bond acceptors (Lipinski definition) is 5. The smallest absolute Gasteiger partial charge is 0.376 e. The summed E-state index contributed by atoms with van der Waals surface area (Å²) < 4.78 is 73.4. The summed E-state index contributed by atoms with van der Waals surface area (Å²) in [6.45, 7) is 0.920. The van der Waals surface area contributed by atoms with E-state index in [0.717, 1.165) is 0 Å². The first-order chi connectivity index (χ1) is 9.47. The van der Waals surface area contributed by atoms with Crippen molar-refractivity contribution in [1.29, 1.82) is 0 Å². The van der Waals surface area contributed by atoms with Gasteiger partial charge in [0.2, 0.25) is 0 Å². The molecule has 0 N–H and O–H groups in total. The van der Waals surface area contributed by atoms with Gasteiger partial charge in [-0.2, -0.15) is 8.78 Å². The minimum Gasteiger partial charge on any atom is -0.376 e. The molecule has 0 radical (unpaired) electrons. The maximum absolute atomic E-state index is 12.7. The van der Waals surface area contributed by atoms with E-state index in [-0.39, 0.29) is 25.4 Å². The molecule has 0 aromatic carbocycles. The molecule has 0 saturated carbocycles. The number of rotatable bonds is 11. The average Bonchev–Trinajstić information content (AvgIpc) is 3.25. The highest BCUT2D eigenvalue weighted by atomic mass is 19.3. The summed E-state index contributed by atoms with van der Waals surface area (Å²) in [5.74, 6) is 0. The Kier molecular flexibility index (Phi) is 5.56. The van der Waals surface area contributed by atoms with Crippen LogP contribution in [-0.2, 0) is 23.7 Å². The van der Waals surface area contributed by atoms with Crippen molar-refractivity contribution in [2.24, 2.45) is 0 Å². The molecule has 20 heavy (non-hydrogen) atoms. The summed E-state index contributed by atoms with van der Waals surface area (Å²) in [4.78, 5) is 0. The molecule has 2 saturated heterocycles. The average molecular weight is 304 g/mol. The van der Waals surface area contributed by atoms with Gasteiger partial charge >= 0.3 is 12.5 Å². The molecule has 2 rings (SSSR count). The van der Waals surface area contributed by atoms with Crippen LogP contribution in [-0.4, -0.2) is 70.5 Å². The quantitative estimate of drug-likeness (QED) is 0.422. The Morgan fingerprint density at radius 3 is 2.20 bits per heavy atom. The van der Waals surface area contributed by atoms with Gasteiger partial charge in [0.25, 0.3) is 0 Å². The molecule has 3 atom stereocenters. The Morgan fingerprint density at radius 2 is 1.65 bits per heavy atom. The van der Waals surface area contributed by atoms with Crippen LogP contribution in [0.2, 0.25) is 0 Å². The Bertz CT molecular complexity index is 297. The van der Waals surface area contributed by atoms with Gasteiger partial charge < -0.3 is 23.7 Å². The summed E-state index contributed by atoms with van der Waals surface area (Å²) in [5.41, 5.74) is 0. The third-order valence-electron chi connectivity index (χ3n) is 2.65. The third kappa shape index (κ3) is 5.88. The van der Waals surface area contributed by atoms with Crippen LogP contribution in [0.25, 0.3) is 0 Å². The molecular formula is C11H16F4O5. The third-order valence-corrected chi connectivity index (χ3v) is 2.65. The highest BCUT2D eigenvalue weighted by Gasteiger charge is 2.43. The first-order valence-corrected chi connectivity index (χ1v) is 6.20. The fourth-order valence-electron chi connectivity index (χ4n) is 1.31. The van der Waals surface area contributed by atoms with E-state index < -0.39 is 25.2 Å². The molecule has 2 aliphatic heterocycles. The Hall–Kier alpha value is -0.480. The van der Waals surface area contributed by atoms with E-state index in [1.165, 1.54) is 0 Å². The number of ether oxygens (including phenoxy) is 5. The zero-order valence-electron chi connectivity index (χ0n) is 10.6. The minimum absolute atomic E-state index is 0.0193. The lowest BCUT2D eigenvalue weighted by atomic mass is 10.4. The SMILES string of the molecule is FC(F)C(F)(F)OCC(COCC1CO1)OCC1CO1. The minimum atomic E-state index is -4.49. The van der Waals surface area contributed by atoms with Gasteiger partial charge in [-0.1, -0.05) is 0 Å². The number of alkyl halides is 4.